The van der Waals surface area contributed by atoms with Crippen molar-refractivity contribution in [1.82, 2.24) is 31.0 Å². The molecule has 0 aliphatic carbocycles. The molecule has 17 heavy (non-hydrogen) atoms. The Hall–Kier alpha value is -1.83. The van der Waals surface area contributed by atoms with Crippen LogP contribution in [0.5, 0.6) is 0 Å². The second-order valence-electron chi connectivity index (χ2n) is 3.92. The summed E-state index contributed by atoms with van der Waals surface area (Å²) in [6.45, 7) is 0.734. The predicted molar refractivity (Wildman–Crippen MR) is 61.5 cm³/mol. The first-order chi connectivity index (χ1) is 8.34. The first-order valence-corrected chi connectivity index (χ1v) is 5.42. The minimum Gasteiger partial charge on any atom is -0.314 e. The molecule has 1 aliphatic rings. The Bertz CT molecular complexity index is 494. The minimum absolute atomic E-state index is 0.0972. The van der Waals surface area contributed by atoms with Crippen LogP contribution in [0.3, 0.4) is 0 Å². The van der Waals surface area contributed by atoms with E-state index in [0.29, 0.717) is 5.82 Å². The van der Waals surface area contributed by atoms with Crippen LogP contribution in [0.1, 0.15) is 11.7 Å². The molecule has 0 bridgehead atoms. The number of hydrazine groups is 1. The molecule has 0 aromatic carbocycles. The van der Waals surface area contributed by atoms with Gasteiger partial charge in [0.25, 0.3) is 0 Å². The van der Waals surface area contributed by atoms with E-state index in [1.165, 1.54) is 0 Å². The molecule has 0 amide bonds. The van der Waals surface area contributed by atoms with Crippen molar-refractivity contribution in [2.45, 2.75) is 12.1 Å². The lowest BCUT2D eigenvalue weighted by Gasteiger charge is -2.09. The first kappa shape index (κ1) is 10.3. The van der Waals surface area contributed by atoms with Crippen LogP contribution < -0.4 is 16.6 Å². The van der Waals surface area contributed by atoms with Crippen LogP contribution in [-0.2, 0) is 0 Å². The van der Waals surface area contributed by atoms with Gasteiger partial charge >= 0.3 is 0 Å². The second-order valence-corrected chi connectivity index (χ2v) is 3.92. The molecule has 1 fully saturated rings. The summed E-state index contributed by atoms with van der Waals surface area (Å²) < 4.78 is 0. The Labute approximate surface area is 97.8 Å². The van der Waals surface area contributed by atoms with Gasteiger partial charge in [0.1, 0.15) is 11.5 Å². The SMILES string of the molecule is NC1NNCC1c1nc(-c2ccccn2)n[nH]1. The van der Waals surface area contributed by atoms with E-state index in [2.05, 4.69) is 31.0 Å². The van der Waals surface area contributed by atoms with Gasteiger partial charge in [0.2, 0.25) is 0 Å². The van der Waals surface area contributed by atoms with Gasteiger partial charge in [0.05, 0.1) is 12.1 Å². The molecule has 1 saturated heterocycles. The molecule has 1 aliphatic heterocycles. The topological polar surface area (TPSA) is 105 Å². The molecule has 2 aromatic heterocycles. The van der Waals surface area contributed by atoms with Crippen molar-refractivity contribution in [1.29, 1.82) is 0 Å². The maximum absolute atomic E-state index is 5.88. The summed E-state index contributed by atoms with van der Waals surface area (Å²) >= 11 is 0. The molecule has 88 valence electrons. The van der Waals surface area contributed by atoms with Crippen molar-refractivity contribution in [2.75, 3.05) is 6.54 Å². The zero-order chi connectivity index (χ0) is 11.7. The fraction of sp³-hybridized carbons (Fsp3) is 0.300. The highest BCUT2D eigenvalue weighted by atomic mass is 15.4. The van der Waals surface area contributed by atoms with E-state index in [1.54, 1.807) is 6.20 Å². The highest BCUT2D eigenvalue weighted by Crippen LogP contribution is 2.18. The van der Waals surface area contributed by atoms with Crippen LogP contribution in [0.4, 0.5) is 0 Å². The standard InChI is InChI=1S/C10H13N7/c11-8-6(5-13-15-8)9-14-10(17-16-9)7-3-1-2-4-12-7/h1-4,6,8,13,15H,5,11H2,(H,14,16,17). The number of rotatable bonds is 2. The van der Waals surface area contributed by atoms with Crippen LogP contribution >= 0.6 is 0 Å². The second kappa shape index (κ2) is 4.21. The summed E-state index contributed by atoms with van der Waals surface area (Å²) in [4.78, 5) is 8.62. The van der Waals surface area contributed by atoms with Crippen molar-refractivity contribution in [2.24, 2.45) is 5.73 Å². The summed E-state index contributed by atoms with van der Waals surface area (Å²) in [7, 11) is 0. The lowest BCUT2D eigenvalue weighted by atomic mass is 10.1. The number of hydrogen-bond donors (Lipinski definition) is 4. The maximum Gasteiger partial charge on any atom is 0.199 e. The minimum atomic E-state index is -0.153. The molecule has 2 aromatic rings. The maximum atomic E-state index is 5.88. The molecule has 3 heterocycles. The zero-order valence-corrected chi connectivity index (χ0v) is 9.09. The van der Waals surface area contributed by atoms with Crippen LogP contribution in [0, 0.1) is 0 Å². The third-order valence-electron chi connectivity index (χ3n) is 2.77. The summed E-state index contributed by atoms with van der Waals surface area (Å²) in [5.74, 6) is 1.47. The number of nitrogens with zero attached hydrogens (tertiary/aromatic N) is 3. The normalized spacial score (nSPS) is 24.1. The van der Waals surface area contributed by atoms with Gasteiger partial charge < -0.3 is 5.73 Å². The van der Waals surface area contributed by atoms with Crippen molar-refractivity contribution in [3.05, 3.63) is 30.2 Å². The Morgan fingerprint density at radius 1 is 1.35 bits per heavy atom. The van der Waals surface area contributed by atoms with Crippen LogP contribution in [0.15, 0.2) is 24.4 Å². The molecule has 5 N–H and O–H groups in total. The van der Waals surface area contributed by atoms with Gasteiger partial charge in [0.15, 0.2) is 5.82 Å². The third-order valence-corrected chi connectivity index (χ3v) is 2.77. The van der Waals surface area contributed by atoms with Crippen LogP contribution in [0.2, 0.25) is 0 Å². The Morgan fingerprint density at radius 3 is 3.00 bits per heavy atom. The molecule has 0 saturated carbocycles. The van der Waals surface area contributed by atoms with Gasteiger partial charge in [-0.3, -0.25) is 15.5 Å². The molecule has 7 heteroatoms. The van der Waals surface area contributed by atoms with E-state index in [-0.39, 0.29) is 12.1 Å². The van der Waals surface area contributed by atoms with Crippen LogP contribution in [-0.4, -0.2) is 32.9 Å². The van der Waals surface area contributed by atoms with E-state index in [4.69, 9.17) is 5.73 Å². The van der Waals surface area contributed by atoms with Crippen LogP contribution in [0.25, 0.3) is 11.5 Å². The summed E-state index contributed by atoms with van der Waals surface area (Å²) in [6.07, 6.45) is 1.56. The first-order valence-electron chi connectivity index (χ1n) is 5.42. The Balaban J connectivity index is 1.88. The number of H-pyrrole nitrogens is 1. The lowest BCUT2D eigenvalue weighted by Crippen LogP contribution is -2.38. The zero-order valence-electron chi connectivity index (χ0n) is 9.09. The van der Waals surface area contributed by atoms with Gasteiger partial charge in [0, 0.05) is 12.7 Å². The molecule has 2 atom stereocenters. The van der Waals surface area contributed by atoms with Gasteiger partial charge in [-0.25, -0.2) is 10.4 Å². The van der Waals surface area contributed by atoms with E-state index >= 15 is 0 Å². The van der Waals surface area contributed by atoms with Crippen molar-refractivity contribution in [3.63, 3.8) is 0 Å². The van der Waals surface area contributed by atoms with Gasteiger partial charge in [-0.2, -0.15) is 5.10 Å². The molecule has 0 radical (unpaired) electrons. The lowest BCUT2D eigenvalue weighted by molar-refractivity contribution is 0.535. The third kappa shape index (κ3) is 1.91. The number of aromatic nitrogens is 4. The molecule has 0 spiro atoms. The number of nitrogens with two attached hydrogens (primary N) is 1. The van der Waals surface area contributed by atoms with E-state index in [0.717, 1.165) is 18.1 Å². The summed E-state index contributed by atoms with van der Waals surface area (Å²) in [5.41, 5.74) is 12.6. The van der Waals surface area contributed by atoms with Gasteiger partial charge in [-0.05, 0) is 12.1 Å². The van der Waals surface area contributed by atoms with Crippen molar-refractivity contribution in [3.8, 4) is 11.5 Å². The number of nitrogens with one attached hydrogen (secondary N) is 3. The van der Waals surface area contributed by atoms with E-state index < -0.39 is 0 Å². The smallest absolute Gasteiger partial charge is 0.199 e. The number of aromatic amines is 1. The van der Waals surface area contributed by atoms with E-state index in [9.17, 15) is 0 Å². The number of hydrogen-bond acceptors (Lipinski definition) is 6. The highest BCUT2D eigenvalue weighted by molar-refractivity contribution is 5.47. The predicted octanol–water partition coefficient (Wildman–Crippen LogP) is -0.657. The molecule has 2 unspecified atom stereocenters. The van der Waals surface area contributed by atoms with Gasteiger partial charge in [-0.1, -0.05) is 6.07 Å². The largest absolute Gasteiger partial charge is 0.314 e. The molecule has 3 rings (SSSR count). The van der Waals surface area contributed by atoms with Crippen molar-refractivity contribution >= 4 is 0 Å². The average Bonchev–Trinajstić information content (AvgIpc) is 2.98. The summed E-state index contributed by atoms with van der Waals surface area (Å²) in [6, 6.07) is 5.64. The average molecular weight is 231 g/mol. The van der Waals surface area contributed by atoms with Gasteiger partial charge in [-0.15, -0.1) is 0 Å². The quantitative estimate of drug-likeness (QED) is 0.547. The monoisotopic (exact) mass is 231 g/mol. The molecule has 7 nitrogen and oxygen atoms in total. The fourth-order valence-corrected chi connectivity index (χ4v) is 1.83. The molecular weight excluding hydrogens is 218 g/mol. The fourth-order valence-electron chi connectivity index (χ4n) is 1.83. The highest BCUT2D eigenvalue weighted by Gasteiger charge is 2.28. The number of pyridine rings is 1. The Kier molecular flexibility index (Phi) is 2.56. The summed E-state index contributed by atoms with van der Waals surface area (Å²) in [5, 5.41) is 7.07. The van der Waals surface area contributed by atoms with Crippen molar-refractivity contribution < 1.29 is 0 Å². The Morgan fingerprint density at radius 2 is 2.29 bits per heavy atom. The van der Waals surface area contributed by atoms with E-state index in [1.807, 2.05) is 18.2 Å². The molecular formula is C10H13N7.